The van der Waals surface area contributed by atoms with Crippen LogP contribution >= 0.6 is 0 Å². The third-order valence-corrected chi connectivity index (χ3v) is 6.51. The second kappa shape index (κ2) is 10.7. The SMILES string of the molecule is CCOC(=O)C1CCCN(C(=O)c2cnc(N3CCN(c4ccccc4C)CC3)nc2OC)C1. The van der Waals surface area contributed by atoms with Gasteiger partial charge in [0.2, 0.25) is 11.8 Å². The van der Waals surface area contributed by atoms with Crippen LogP contribution in [0.1, 0.15) is 35.7 Å². The third-order valence-electron chi connectivity index (χ3n) is 6.51. The lowest BCUT2D eigenvalue weighted by Gasteiger charge is -2.37. The summed E-state index contributed by atoms with van der Waals surface area (Å²) in [4.78, 5) is 40.6. The smallest absolute Gasteiger partial charge is 0.310 e. The number of esters is 1. The Bertz CT molecular complexity index is 1020. The molecule has 0 N–H and O–H groups in total. The number of aromatic nitrogens is 2. The summed E-state index contributed by atoms with van der Waals surface area (Å²) in [7, 11) is 1.51. The average molecular weight is 468 g/mol. The van der Waals surface area contributed by atoms with Crippen LogP contribution in [0.15, 0.2) is 30.5 Å². The Morgan fingerprint density at radius 2 is 1.82 bits per heavy atom. The van der Waals surface area contributed by atoms with Crippen LogP contribution < -0.4 is 14.5 Å². The first kappa shape index (κ1) is 23.8. The van der Waals surface area contributed by atoms with Crippen molar-refractivity contribution in [1.82, 2.24) is 14.9 Å². The van der Waals surface area contributed by atoms with Gasteiger partial charge in [0.1, 0.15) is 5.56 Å². The molecule has 9 nitrogen and oxygen atoms in total. The maximum atomic E-state index is 13.2. The van der Waals surface area contributed by atoms with E-state index >= 15 is 0 Å². The number of hydrogen-bond donors (Lipinski definition) is 0. The van der Waals surface area contributed by atoms with Gasteiger partial charge >= 0.3 is 5.97 Å². The Kier molecular flexibility index (Phi) is 7.49. The molecule has 1 amide bonds. The van der Waals surface area contributed by atoms with E-state index in [0.29, 0.717) is 31.2 Å². The largest absolute Gasteiger partial charge is 0.480 e. The highest BCUT2D eigenvalue weighted by Gasteiger charge is 2.32. The first-order valence-electron chi connectivity index (χ1n) is 11.9. The van der Waals surface area contributed by atoms with Gasteiger partial charge in [0, 0.05) is 51.2 Å². The number of anilines is 2. The number of likely N-dealkylation sites (tertiary alicyclic amines) is 1. The van der Waals surface area contributed by atoms with Gasteiger partial charge in [-0.1, -0.05) is 18.2 Å². The van der Waals surface area contributed by atoms with E-state index < -0.39 is 0 Å². The number of ether oxygens (including phenoxy) is 2. The number of para-hydroxylation sites is 1. The number of amides is 1. The van der Waals surface area contributed by atoms with E-state index in [-0.39, 0.29) is 23.7 Å². The number of aryl methyl sites for hydroxylation is 1. The maximum Gasteiger partial charge on any atom is 0.310 e. The molecular formula is C25H33N5O4. The van der Waals surface area contributed by atoms with Crippen LogP contribution in [0.25, 0.3) is 0 Å². The van der Waals surface area contributed by atoms with Crippen LogP contribution in [0, 0.1) is 12.8 Å². The van der Waals surface area contributed by atoms with Gasteiger partial charge in [-0.2, -0.15) is 4.98 Å². The fourth-order valence-corrected chi connectivity index (χ4v) is 4.66. The number of piperazine rings is 1. The number of benzene rings is 1. The summed E-state index contributed by atoms with van der Waals surface area (Å²) >= 11 is 0. The lowest BCUT2D eigenvalue weighted by molar-refractivity contribution is -0.149. The molecule has 34 heavy (non-hydrogen) atoms. The maximum absolute atomic E-state index is 13.2. The molecule has 2 aromatic rings. The molecular weight excluding hydrogens is 434 g/mol. The second-order valence-corrected chi connectivity index (χ2v) is 8.70. The molecule has 1 aromatic carbocycles. The van der Waals surface area contributed by atoms with Crippen molar-refractivity contribution in [3.8, 4) is 5.88 Å². The van der Waals surface area contributed by atoms with Gasteiger partial charge in [0.05, 0.1) is 19.6 Å². The zero-order valence-electron chi connectivity index (χ0n) is 20.2. The fraction of sp³-hybridized carbons (Fsp3) is 0.520. The molecule has 2 saturated heterocycles. The number of hydrogen-bond acceptors (Lipinski definition) is 8. The summed E-state index contributed by atoms with van der Waals surface area (Å²) in [6.45, 7) is 8.45. The number of rotatable bonds is 6. The van der Waals surface area contributed by atoms with E-state index in [0.717, 1.165) is 39.0 Å². The van der Waals surface area contributed by atoms with Gasteiger partial charge in [-0.3, -0.25) is 9.59 Å². The number of nitrogens with zero attached hydrogens (tertiary/aromatic N) is 5. The Morgan fingerprint density at radius 1 is 1.09 bits per heavy atom. The Morgan fingerprint density at radius 3 is 2.53 bits per heavy atom. The first-order valence-corrected chi connectivity index (χ1v) is 11.9. The van der Waals surface area contributed by atoms with Crippen molar-refractivity contribution in [2.24, 2.45) is 5.92 Å². The molecule has 9 heteroatoms. The van der Waals surface area contributed by atoms with Gasteiger partial charge < -0.3 is 24.2 Å². The molecule has 2 aliphatic heterocycles. The molecule has 0 saturated carbocycles. The summed E-state index contributed by atoms with van der Waals surface area (Å²) in [5.41, 5.74) is 2.83. The Hall–Kier alpha value is -3.36. The molecule has 0 bridgehead atoms. The van der Waals surface area contributed by atoms with Crippen LogP contribution in [-0.4, -0.2) is 79.7 Å². The minimum Gasteiger partial charge on any atom is -0.480 e. The zero-order valence-corrected chi connectivity index (χ0v) is 20.2. The minimum absolute atomic E-state index is 0.221. The molecule has 2 fully saturated rings. The summed E-state index contributed by atoms with van der Waals surface area (Å²) in [5, 5.41) is 0. The lowest BCUT2D eigenvalue weighted by atomic mass is 9.97. The summed E-state index contributed by atoms with van der Waals surface area (Å²) in [6, 6.07) is 8.40. The van der Waals surface area contributed by atoms with Crippen molar-refractivity contribution < 1.29 is 19.1 Å². The van der Waals surface area contributed by atoms with Gasteiger partial charge in [-0.25, -0.2) is 4.98 Å². The molecule has 0 spiro atoms. The molecule has 3 heterocycles. The molecule has 1 unspecified atom stereocenters. The summed E-state index contributed by atoms with van der Waals surface area (Å²) in [6.07, 6.45) is 3.02. The summed E-state index contributed by atoms with van der Waals surface area (Å²) in [5.74, 6) is 0.0500. The van der Waals surface area contributed by atoms with Crippen molar-refractivity contribution in [3.05, 3.63) is 41.6 Å². The van der Waals surface area contributed by atoms with Crippen molar-refractivity contribution in [2.75, 3.05) is 62.8 Å². The highest BCUT2D eigenvalue weighted by atomic mass is 16.5. The van der Waals surface area contributed by atoms with Crippen molar-refractivity contribution in [1.29, 1.82) is 0 Å². The quantitative estimate of drug-likeness (QED) is 0.599. The predicted octanol–water partition coefficient (Wildman–Crippen LogP) is 2.54. The van der Waals surface area contributed by atoms with Gasteiger partial charge in [-0.15, -0.1) is 0 Å². The van der Waals surface area contributed by atoms with Crippen LogP contribution in [0.4, 0.5) is 11.6 Å². The fourth-order valence-electron chi connectivity index (χ4n) is 4.66. The molecule has 1 aromatic heterocycles. The number of methoxy groups -OCH3 is 1. The van der Waals surface area contributed by atoms with E-state index in [1.807, 2.05) is 0 Å². The Balaban J connectivity index is 1.43. The lowest BCUT2D eigenvalue weighted by Crippen LogP contribution is -2.47. The first-order chi connectivity index (χ1) is 16.5. The van der Waals surface area contributed by atoms with E-state index in [4.69, 9.17) is 9.47 Å². The zero-order chi connectivity index (χ0) is 24.1. The molecule has 182 valence electrons. The van der Waals surface area contributed by atoms with Crippen molar-refractivity contribution in [3.63, 3.8) is 0 Å². The predicted molar refractivity (Wildman–Crippen MR) is 129 cm³/mol. The van der Waals surface area contributed by atoms with Gasteiger partial charge in [0.15, 0.2) is 0 Å². The van der Waals surface area contributed by atoms with Gasteiger partial charge in [0.25, 0.3) is 5.91 Å². The van der Waals surface area contributed by atoms with Crippen molar-refractivity contribution in [2.45, 2.75) is 26.7 Å². The molecule has 4 rings (SSSR count). The Labute approximate surface area is 200 Å². The third kappa shape index (κ3) is 5.08. The van der Waals surface area contributed by atoms with E-state index in [1.54, 1.807) is 18.0 Å². The molecule has 0 radical (unpaired) electrons. The number of piperidine rings is 1. The van der Waals surface area contributed by atoms with E-state index in [2.05, 4.69) is 51.0 Å². The molecule has 1 atom stereocenters. The van der Waals surface area contributed by atoms with E-state index in [1.165, 1.54) is 18.4 Å². The van der Waals surface area contributed by atoms with Gasteiger partial charge in [-0.05, 0) is 38.3 Å². The standard InChI is InChI=1S/C25H33N5O4/c1-4-34-24(32)19-9-7-11-30(17-19)23(31)20-16-26-25(27-22(20)33-3)29-14-12-28(13-15-29)21-10-6-5-8-18(21)2/h5-6,8,10,16,19H,4,7,9,11-15,17H2,1-3H3. The molecule has 2 aliphatic rings. The van der Waals surface area contributed by atoms with Crippen LogP contribution in [0.2, 0.25) is 0 Å². The highest BCUT2D eigenvalue weighted by molar-refractivity contribution is 5.96. The van der Waals surface area contributed by atoms with Crippen LogP contribution in [0.5, 0.6) is 5.88 Å². The monoisotopic (exact) mass is 467 g/mol. The minimum atomic E-state index is -0.298. The van der Waals surface area contributed by atoms with Crippen LogP contribution in [0.3, 0.4) is 0 Å². The van der Waals surface area contributed by atoms with Crippen LogP contribution in [-0.2, 0) is 9.53 Å². The number of carbonyl (C=O) groups is 2. The van der Waals surface area contributed by atoms with E-state index in [9.17, 15) is 9.59 Å². The summed E-state index contributed by atoms with van der Waals surface area (Å²) < 4.78 is 10.6. The molecule has 0 aliphatic carbocycles. The van der Waals surface area contributed by atoms with Crippen molar-refractivity contribution >= 4 is 23.5 Å². The number of carbonyl (C=O) groups excluding carboxylic acids is 2. The average Bonchev–Trinajstić information content (AvgIpc) is 2.88. The normalized spacial score (nSPS) is 18.6. The second-order valence-electron chi connectivity index (χ2n) is 8.70. The topological polar surface area (TPSA) is 88.1 Å². The highest BCUT2D eigenvalue weighted by Crippen LogP contribution is 2.26.